The fourth-order valence-electron chi connectivity index (χ4n) is 2.79. The van der Waals surface area contributed by atoms with E-state index in [0.29, 0.717) is 13.2 Å². The predicted molar refractivity (Wildman–Crippen MR) is 107 cm³/mol. The van der Waals surface area contributed by atoms with Gasteiger partial charge in [-0.25, -0.2) is 0 Å². The Balaban J connectivity index is 1.48. The summed E-state index contributed by atoms with van der Waals surface area (Å²) in [5.41, 5.74) is 4.89. The summed E-state index contributed by atoms with van der Waals surface area (Å²) in [6.07, 6.45) is 0. The van der Waals surface area contributed by atoms with Crippen LogP contribution in [0.4, 0.5) is 5.69 Å². The molecule has 134 valence electrons. The summed E-state index contributed by atoms with van der Waals surface area (Å²) >= 11 is 0. The molecule has 0 unspecified atom stereocenters. The second-order valence-corrected chi connectivity index (χ2v) is 6.33. The molecule has 3 aromatic carbocycles. The summed E-state index contributed by atoms with van der Waals surface area (Å²) in [5.74, 6) is 1.73. The highest BCUT2D eigenvalue weighted by atomic mass is 16.5. The fraction of sp³-hybridized carbons (Fsp3) is 0.217. The van der Waals surface area contributed by atoms with Crippen LogP contribution in [0.25, 0.3) is 0 Å². The van der Waals surface area contributed by atoms with Crippen LogP contribution in [0.5, 0.6) is 11.5 Å². The molecule has 0 saturated carbocycles. The normalized spacial score (nSPS) is 10.4. The van der Waals surface area contributed by atoms with Crippen molar-refractivity contribution < 1.29 is 9.47 Å². The number of benzene rings is 3. The number of hydrogen-bond acceptors (Lipinski definition) is 3. The molecule has 0 saturated heterocycles. The topological polar surface area (TPSA) is 30.5 Å². The molecule has 0 aromatic heterocycles. The van der Waals surface area contributed by atoms with Gasteiger partial charge in [-0.3, -0.25) is 0 Å². The van der Waals surface area contributed by atoms with Crippen molar-refractivity contribution in [1.82, 2.24) is 0 Å². The summed E-state index contributed by atoms with van der Waals surface area (Å²) in [6.45, 7) is 6.04. The van der Waals surface area contributed by atoms with Gasteiger partial charge >= 0.3 is 0 Å². The van der Waals surface area contributed by atoms with Gasteiger partial charge in [-0.1, -0.05) is 48.0 Å². The van der Waals surface area contributed by atoms with Gasteiger partial charge in [-0.05, 0) is 55.3 Å². The molecule has 3 rings (SSSR count). The third kappa shape index (κ3) is 5.28. The second-order valence-electron chi connectivity index (χ2n) is 6.33. The first-order chi connectivity index (χ1) is 12.7. The standard InChI is InChI=1S/C23H25NO2/c1-18-11-12-23(19(2)15-18)24-17-20-7-6-10-22(16-20)26-14-13-25-21-8-4-3-5-9-21/h3-12,15-16,24H,13-14,17H2,1-2H3. The minimum Gasteiger partial charge on any atom is -0.490 e. The smallest absolute Gasteiger partial charge is 0.122 e. The lowest BCUT2D eigenvalue weighted by molar-refractivity contribution is 0.217. The molecule has 0 aliphatic rings. The van der Waals surface area contributed by atoms with E-state index in [2.05, 4.69) is 49.5 Å². The summed E-state index contributed by atoms with van der Waals surface area (Å²) < 4.78 is 11.5. The number of anilines is 1. The van der Waals surface area contributed by atoms with Crippen LogP contribution in [0, 0.1) is 13.8 Å². The van der Waals surface area contributed by atoms with E-state index in [-0.39, 0.29) is 0 Å². The number of aryl methyl sites for hydroxylation is 2. The lowest BCUT2D eigenvalue weighted by Crippen LogP contribution is -2.09. The molecule has 0 atom stereocenters. The molecule has 3 aromatic rings. The third-order valence-electron chi connectivity index (χ3n) is 4.13. The van der Waals surface area contributed by atoms with Gasteiger partial charge in [-0.15, -0.1) is 0 Å². The third-order valence-corrected chi connectivity index (χ3v) is 4.13. The summed E-state index contributed by atoms with van der Waals surface area (Å²) in [4.78, 5) is 0. The number of ether oxygens (including phenoxy) is 2. The van der Waals surface area contributed by atoms with Crippen molar-refractivity contribution in [3.8, 4) is 11.5 Å². The zero-order valence-electron chi connectivity index (χ0n) is 15.4. The van der Waals surface area contributed by atoms with Crippen LogP contribution in [-0.2, 0) is 6.54 Å². The van der Waals surface area contributed by atoms with E-state index in [1.165, 1.54) is 16.7 Å². The van der Waals surface area contributed by atoms with Crippen LogP contribution in [0.1, 0.15) is 16.7 Å². The zero-order valence-corrected chi connectivity index (χ0v) is 15.4. The Labute approximate surface area is 155 Å². The Morgan fingerprint density at radius 2 is 1.46 bits per heavy atom. The van der Waals surface area contributed by atoms with Crippen molar-refractivity contribution in [3.05, 3.63) is 89.5 Å². The number of hydrogen-bond donors (Lipinski definition) is 1. The van der Waals surface area contributed by atoms with Gasteiger partial charge in [0.15, 0.2) is 0 Å². The quantitative estimate of drug-likeness (QED) is 0.555. The van der Waals surface area contributed by atoms with E-state index >= 15 is 0 Å². The number of nitrogens with one attached hydrogen (secondary N) is 1. The van der Waals surface area contributed by atoms with Crippen LogP contribution in [0.3, 0.4) is 0 Å². The lowest BCUT2D eigenvalue weighted by Gasteiger charge is -2.12. The molecular formula is C23H25NO2. The van der Waals surface area contributed by atoms with E-state index in [0.717, 1.165) is 23.7 Å². The fourth-order valence-corrected chi connectivity index (χ4v) is 2.79. The van der Waals surface area contributed by atoms with E-state index in [9.17, 15) is 0 Å². The van der Waals surface area contributed by atoms with Gasteiger partial charge < -0.3 is 14.8 Å². The summed E-state index contributed by atoms with van der Waals surface area (Å²) in [6, 6.07) is 24.4. The van der Waals surface area contributed by atoms with Gasteiger partial charge in [0.1, 0.15) is 24.7 Å². The largest absolute Gasteiger partial charge is 0.490 e. The van der Waals surface area contributed by atoms with Crippen LogP contribution in [-0.4, -0.2) is 13.2 Å². The maximum absolute atomic E-state index is 5.81. The van der Waals surface area contributed by atoms with Crippen molar-refractivity contribution in [2.75, 3.05) is 18.5 Å². The van der Waals surface area contributed by atoms with Gasteiger partial charge in [0, 0.05) is 12.2 Å². The van der Waals surface area contributed by atoms with Gasteiger partial charge in [0.25, 0.3) is 0 Å². The molecule has 0 aliphatic carbocycles. The molecule has 1 N–H and O–H groups in total. The van der Waals surface area contributed by atoms with Crippen molar-refractivity contribution in [2.24, 2.45) is 0 Å². The van der Waals surface area contributed by atoms with Gasteiger partial charge in [0.05, 0.1) is 0 Å². The highest BCUT2D eigenvalue weighted by Crippen LogP contribution is 2.19. The Morgan fingerprint density at radius 3 is 2.23 bits per heavy atom. The lowest BCUT2D eigenvalue weighted by atomic mass is 10.1. The molecule has 0 heterocycles. The van der Waals surface area contributed by atoms with Gasteiger partial charge in [0.2, 0.25) is 0 Å². The van der Waals surface area contributed by atoms with Crippen molar-refractivity contribution in [1.29, 1.82) is 0 Å². The molecule has 3 nitrogen and oxygen atoms in total. The summed E-state index contributed by atoms with van der Waals surface area (Å²) in [5, 5.41) is 3.49. The summed E-state index contributed by atoms with van der Waals surface area (Å²) in [7, 11) is 0. The molecule has 26 heavy (non-hydrogen) atoms. The molecule has 0 spiro atoms. The first kappa shape index (κ1) is 17.9. The molecule has 0 bridgehead atoms. The van der Waals surface area contributed by atoms with E-state index < -0.39 is 0 Å². The Kier molecular flexibility index (Phi) is 6.15. The molecule has 0 radical (unpaired) electrons. The molecular weight excluding hydrogens is 322 g/mol. The average molecular weight is 347 g/mol. The monoisotopic (exact) mass is 347 g/mol. The Bertz CT molecular complexity index is 831. The van der Waals surface area contributed by atoms with Crippen molar-refractivity contribution >= 4 is 5.69 Å². The van der Waals surface area contributed by atoms with Crippen LogP contribution in [0.2, 0.25) is 0 Å². The number of para-hydroxylation sites is 1. The van der Waals surface area contributed by atoms with E-state index in [1.54, 1.807) is 0 Å². The molecule has 3 heteroatoms. The molecule has 0 fully saturated rings. The minimum absolute atomic E-state index is 0.517. The predicted octanol–water partition coefficient (Wildman–Crippen LogP) is 5.37. The average Bonchev–Trinajstić information content (AvgIpc) is 2.66. The maximum atomic E-state index is 5.81. The van der Waals surface area contributed by atoms with Gasteiger partial charge in [-0.2, -0.15) is 0 Å². The maximum Gasteiger partial charge on any atom is 0.122 e. The van der Waals surface area contributed by atoms with E-state index in [1.807, 2.05) is 42.5 Å². The second kappa shape index (κ2) is 8.95. The van der Waals surface area contributed by atoms with E-state index in [4.69, 9.17) is 9.47 Å². The Hall–Kier alpha value is -2.94. The highest BCUT2D eigenvalue weighted by molar-refractivity contribution is 5.52. The van der Waals surface area contributed by atoms with Crippen LogP contribution >= 0.6 is 0 Å². The van der Waals surface area contributed by atoms with Crippen molar-refractivity contribution in [2.45, 2.75) is 20.4 Å². The minimum atomic E-state index is 0.517. The zero-order chi connectivity index (χ0) is 18.2. The first-order valence-corrected chi connectivity index (χ1v) is 8.91. The van der Waals surface area contributed by atoms with Crippen LogP contribution in [0.15, 0.2) is 72.8 Å². The van der Waals surface area contributed by atoms with Crippen LogP contribution < -0.4 is 14.8 Å². The highest BCUT2D eigenvalue weighted by Gasteiger charge is 2.01. The SMILES string of the molecule is Cc1ccc(NCc2cccc(OCCOc3ccccc3)c2)c(C)c1. The van der Waals surface area contributed by atoms with Crippen molar-refractivity contribution in [3.63, 3.8) is 0 Å². The molecule has 0 amide bonds. The number of rotatable bonds is 8. The Morgan fingerprint density at radius 1 is 0.731 bits per heavy atom. The molecule has 0 aliphatic heterocycles. The first-order valence-electron chi connectivity index (χ1n) is 8.91.